The standard InChI is InChI=1S/C15H17F6N3O/c1-9-4-2-3-5-10-12(22-9)24(7-6-14(16,17)18)11(13(25)23-10)8-15(19,20)21/h4-5,11H,2-3,6-8H2,1H3,(H,23,25). The Hall–Kier alpha value is -2.00. The van der Waals surface area contributed by atoms with Gasteiger partial charge in [-0.1, -0.05) is 12.2 Å². The van der Waals surface area contributed by atoms with E-state index in [-0.39, 0.29) is 11.5 Å². The SMILES string of the molecule is CC1=CCCC=C2NC(=O)C(CC(F)(F)F)N(CCC(F)(F)F)C2=N1. The molecule has 1 saturated heterocycles. The van der Waals surface area contributed by atoms with Crippen molar-refractivity contribution in [2.45, 2.75) is 51.0 Å². The minimum atomic E-state index is -4.70. The van der Waals surface area contributed by atoms with Gasteiger partial charge in [0.15, 0.2) is 5.84 Å². The number of piperazine rings is 1. The Balaban J connectivity index is 2.42. The maximum absolute atomic E-state index is 12.8. The highest BCUT2D eigenvalue weighted by molar-refractivity contribution is 6.07. The van der Waals surface area contributed by atoms with E-state index in [1.54, 1.807) is 19.1 Å². The molecule has 0 aliphatic carbocycles. The van der Waals surface area contributed by atoms with Crippen LogP contribution in [0.4, 0.5) is 26.3 Å². The highest BCUT2D eigenvalue weighted by Gasteiger charge is 2.44. The second-order valence-corrected chi connectivity index (χ2v) is 5.86. The highest BCUT2D eigenvalue weighted by atomic mass is 19.4. The van der Waals surface area contributed by atoms with Crippen molar-refractivity contribution in [2.75, 3.05) is 6.54 Å². The lowest BCUT2D eigenvalue weighted by molar-refractivity contribution is -0.158. The number of aliphatic imine (C=N–C) groups is 1. The molecule has 1 amide bonds. The van der Waals surface area contributed by atoms with Crippen LogP contribution in [-0.2, 0) is 4.79 Å². The van der Waals surface area contributed by atoms with Gasteiger partial charge in [0.1, 0.15) is 6.04 Å². The molecule has 0 aromatic rings. The van der Waals surface area contributed by atoms with Crippen LogP contribution in [0.1, 0.15) is 32.6 Å². The molecule has 0 bridgehead atoms. The average Bonchev–Trinajstić information content (AvgIpc) is 2.42. The predicted molar refractivity (Wildman–Crippen MR) is 78.5 cm³/mol. The number of alkyl halides is 6. The summed E-state index contributed by atoms with van der Waals surface area (Å²) in [7, 11) is 0. The van der Waals surface area contributed by atoms with E-state index in [1.165, 1.54) is 0 Å². The van der Waals surface area contributed by atoms with E-state index in [0.717, 1.165) is 4.90 Å². The normalized spacial score (nSPS) is 22.2. The summed E-state index contributed by atoms with van der Waals surface area (Å²) in [5.41, 5.74) is 0.623. The van der Waals surface area contributed by atoms with Gasteiger partial charge in [-0.05, 0) is 19.8 Å². The molecule has 2 heterocycles. The monoisotopic (exact) mass is 369 g/mol. The number of amidine groups is 1. The first-order valence-corrected chi connectivity index (χ1v) is 7.63. The first kappa shape index (κ1) is 19.3. The molecule has 1 N–H and O–H groups in total. The van der Waals surface area contributed by atoms with E-state index >= 15 is 0 Å². The summed E-state index contributed by atoms with van der Waals surface area (Å²) in [6.07, 6.45) is -7.77. The molecule has 1 fully saturated rings. The van der Waals surface area contributed by atoms with Crippen LogP contribution in [0.5, 0.6) is 0 Å². The Labute approximate surface area is 140 Å². The molecule has 1 atom stereocenters. The maximum Gasteiger partial charge on any atom is 0.391 e. The summed E-state index contributed by atoms with van der Waals surface area (Å²) < 4.78 is 76.2. The lowest BCUT2D eigenvalue weighted by Gasteiger charge is -2.39. The summed E-state index contributed by atoms with van der Waals surface area (Å²) >= 11 is 0. The molecular formula is C15H17F6N3O. The molecule has 2 rings (SSSR count). The molecule has 4 nitrogen and oxygen atoms in total. The third-order valence-electron chi connectivity index (χ3n) is 3.75. The van der Waals surface area contributed by atoms with Crippen molar-refractivity contribution in [1.29, 1.82) is 0 Å². The number of carbonyl (C=O) groups excluding carboxylic acids is 1. The quantitative estimate of drug-likeness (QED) is 0.772. The van der Waals surface area contributed by atoms with Gasteiger partial charge in [0.05, 0.1) is 18.5 Å². The molecule has 0 aromatic carbocycles. The molecule has 2 aliphatic heterocycles. The zero-order chi connectivity index (χ0) is 18.8. The van der Waals surface area contributed by atoms with Crippen molar-refractivity contribution in [3.63, 3.8) is 0 Å². The van der Waals surface area contributed by atoms with Crippen LogP contribution in [0.2, 0.25) is 0 Å². The Morgan fingerprint density at radius 3 is 2.40 bits per heavy atom. The zero-order valence-electron chi connectivity index (χ0n) is 13.3. The van der Waals surface area contributed by atoms with Gasteiger partial charge < -0.3 is 10.2 Å². The Morgan fingerprint density at radius 2 is 1.80 bits per heavy atom. The van der Waals surface area contributed by atoms with Gasteiger partial charge in [0.25, 0.3) is 0 Å². The fourth-order valence-corrected chi connectivity index (χ4v) is 2.65. The van der Waals surface area contributed by atoms with Crippen molar-refractivity contribution in [3.8, 4) is 0 Å². The number of nitrogens with zero attached hydrogens (tertiary/aromatic N) is 2. The number of hydrogen-bond acceptors (Lipinski definition) is 3. The number of amides is 1. The van der Waals surface area contributed by atoms with E-state index < -0.39 is 43.7 Å². The molecule has 2 aliphatic rings. The van der Waals surface area contributed by atoms with E-state index in [1.807, 2.05) is 0 Å². The molecule has 10 heteroatoms. The summed E-state index contributed by atoms with van der Waals surface area (Å²) in [6.45, 7) is 0.828. The van der Waals surface area contributed by atoms with Crippen LogP contribution in [0.25, 0.3) is 0 Å². The van der Waals surface area contributed by atoms with Gasteiger partial charge in [-0.3, -0.25) is 4.79 Å². The van der Waals surface area contributed by atoms with Crippen molar-refractivity contribution in [1.82, 2.24) is 10.2 Å². The number of fused-ring (bicyclic) bond motifs is 1. The fourth-order valence-electron chi connectivity index (χ4n) is 2.65. The first-order chi connectivity index (χ1) is 11.5. The minimum Gasteiger partial charge on any atom is -0.342 e. The zero-order valence-corrected chi connectivity index (χ0v) is 13.3. The third-order valence-corrected chi connectivity index (χ3v) is 3.75. The summed E-state index contributed by atoms with van der Waals surface area (Å²) in [4.78, 5) is 17.1. The Kier molecular flexibility index (Phi) is 5.48. The van der Waals surface area contributed by atoms with Crippen LogP contribution in [0.3, 0.4) is 0 Å². The molecule has 0 spiro atoms. The van der Waals surface area contributed by atoms with Gasteiger partial charge in [-0.25, -0.2) is 4.99 Å². The van der Waals surface area contributed by atoms with Crippen molar-refractivity contribution in [2.24, 2.45) is 4.99 Å². The van der Waals surface area contributed by atoms with Gasteiger partial charge >= 0.3 is 12.4 Å². The lowest BCUT2D eigenvalue weighted by Crippen LogP contribution is -2.58. The van der Waals surface area contributed by atoms with Gasteiger partial charge in [-0.15, -0.1) is 0 Å². The minimum absolute atomic E-state index is 0.0634. The van der Waals surface area contributed by atoms with Crippen LogP contribution in [0.15, 0.2) is 28.5 Å². The second-order valence-electron chi connectivity index (χ2n) is 5.86. The van der Waals surface area contributed by atoms with Crippen molar-refractivity contribution >= 4 is 11.7 Å². The second kappa shape index (κ2) is 7.09. The maximum atomic E-state index is 12.8. The van der Waals surface area contributed by atoms with Crippen LogP contribution >= 0.6 is 0 Å². The molecule has 25 heavy (non-hydrogen) atoms. The lowest BCUT2D eigenvalue weighted by atomic mass is 10.0. The van der Waals surface area contributed by atoms with Crippen LogP contribution < -0.4 is 5.32 Å². The van der Waals surface area contributed by atoms with E-state index in [9.17, 15) is 31.1 Å². The number of halogens is 6. The van der Waals surface area contributed by atoms with Crippen LogP contribution in [-0.4, -0.2) is 41.6 Å². The van der Waals surface area contributed by atoms with Crippen LogP contribution in [0, 0.1) is 0 Å². The number of hydrogen-bond donors (Lipinski definition) is 1. The molecule has 0 saturated carbocycles. The van der Waals surface area contributed by atoms with E-state index in [0.29, 0.717) is 18.5 Å². The average molecular weight is 369 g/mol. The molecular weight excluding hydrogens is 352 g/mol. The molecule has 0 radical (unpaired) electrons. The van der Waals surface area contributed by atoms with Gasteiger partial charge in [-0.2, -0.15) is 26.3 Å². The van der Waals surface area contributed by atoms with Gasteiger partial charge in [0, 0.05) is 12.2 Å². The highest BCUT2D eigenvalue weighted by Crippen LogP contribution is 2.30. The van der Waals surface area contributed by atoms with Gasteiger partial charge in [0.2, 0.25) is 5.91 Å². The van der Waals surface area contributed by atoms with E-state index in [4.69, 9.17) is 0 Å². The van der Waals surface area contributed by atoms with Crippen molar-refractivity contribution in [3.05, 3.63) is 23.5 Å². The predicted octanol–water partition coefficient (Wildman–Crippen LogP) is 3.67. The summed E-state index contributed by atoms with van der Waals surface area (Å²) in [5, 5.41) is 2.35. The number of carbonyl (C=O) groups is 1. The Bertz CT molecular complexity index is 618. The third kappa shape index (κ3) is 5.50. The smallest absolute Gasteiger partial charge is 0.342 e. The fraction of sp³-hybridized carbons (Fsp3) is 0.600. The molecule has 0 aromatic heterocycles. The number of nitrogens with one attached hydrogen (secondary N) is 1. The first-order valence-electron chi connectivity index (χ1n) is 7.63. The Morgan fingerprint density at radius 1 is 1.16 bits per heavy atom. The molecule has 140 valence electrons. The summed E-state index contributed by atoms with van der Waals surface area (Å²) in [6, 6.07) is -1.79. The number of allylic oxidation sites excluding steroid dienone is 3. The topological polar surface area (TPSA) is 44.7 Å². The number of rotatable bonds is 3. The van der Waals surface area contributed by atoms with Crippen molar-refractivity contribution < 1.29 is 31.1 Å². The molecule has 1 unspecified atom stereocenters. The largest absolute Gasteiger partial charge is 0.391 e. The van der Waals surface area contributed by atoms with E-state index in [2.05, 4.69) is 10.3 Å². The summed E-state index contributed by atoms with van der Waals surface area (Å²) in [5.74, 6) is -1.04.